The van der Waals surface area contributed by atoms with Gasteiger partial charge in [0.1, 0.15) is 5.00 Å². The minimum atomic E-state index is -0.301. The minimum Gasteiger partial charge on any atom is -0.388 e. The Morgan fingerprint density at radius 1 is 1.56 bits per heavy atom. The smallest absolute Gasteiger partial charge is 0.141 e. The summed E-state index contributed by atoms with van der Waals surface area (Å²) in [5, 5.41) is 14.9. The first-order chi connectivity index (χ1) is 7.77. The summed E-state index contributed by atoms with van der Waals surface area (Å²) in [6, 6.07) is 2.08. The Bertz CT molecular complexity index is 504. The number of aliphatic hydroxyl groups is 1. The lowest BCUT2D eigenvalue weighted by Crippen LogP contribution is -2.10. The highest BCUT2D eigenvalue weighted by atomic mass is 32.1. The topological polar surface area (TPSA) is 50.9 Å². The van der Waals surface area contributed by atoms with Gasteiger partial charge in [0.15, 0.2) is 0 Å². The van der Waals surface area contributed by atoms with Gasteiger partial charge in [-0.3, -0.25) is 0 Å². The summed E-state index contributed by atoms with van der Waals surface area (Å²) in [5.41, 5.74) is 3.46. The van der Waals surface area contributed by atoms with Crippen LogP contribution in [-0.2, 0) is 6.42 Å². The average molecular weight is 235 g/mol. The second-order valence-electron chi connectivity index (χ2n) is 4.19. The molecular weight excluding hydrogens is 222 g/mol. The van der Waals surface area contributed by atoms with E-state index in [1.807, 2.05) is 0 Å². The summed E-state index contributed by atoms with van der Waals surface area (Å²) in [7, 11) is 0. The van der Waals surface area contributed by atoms with Crippen molar-refractivity contribution in [3.63, 3.8) is 0 Å². The van der Waals surface area contributed by atoms with E-state index in [0.29, 0.717) is 0 Å². The van der Waals surface area contributed by atoms with Crippen molar-refractivity contribution >= 4 is 11.5 Å². The maximum atomic E-state index is 9.96. The Morgan fingerprint density at radius 3 is 3.19 bits per heavy atom. The fourth-order valence-corrected chi connectivity index (χ4v) is 3.05. The third-order valence-corrected chi connectivity index (χ3v) is 3.79. The maximum absolute atomic E-state index is 9.96. The molecule has 0 fully saturated rings. The van der Waals surface area contributed by atoms with Crippen LogP contribution in [0.3, 0.4) is 0 Å². The predicted molar refractivity (Wildman–Crippen MR) is 61.9 cm³/mol. The van der Waals surface area contributed by atoms with Gasteiger partial charge in [-0.15, -0.1) is 5.10 Å². The molecule has 0 bridgehead atoms. The van der Waals surface area contributed by atoms with Crippen molar-refractivity contribution in [1.29, 1.82) is 0 Å². The molecule has 0 saturated carbocycles. The fourth-order valence-electron chi connectivity index (χ4n) is 2.45. The van der Waals surface area contributed by atoms with E-state index in [-0.39, 0.29) is 6.10 Å². The number of hydrogen-bond donors (Lipinski definition) is 1. The summed E-state index contributed by atoms with van der Waals surface area (Å²) in [4.78, 5) is 0. The van der Waals surface area contributed by atoms with Crippen molar-refractivity contribution in [2.24, 2.45) is 0 Å². The molecule has 1 aliphatic rings. The van der Waals surface area contributed by atoms with Gasteiger partial charge in [0.05, 0.1) is 12.3 Å². The Balaban J connectivity index is 2.19. The molecule has 1 unspecified atom stereocenters. The number of nitrogens with zero attached hydrogens (tertiary/aromatic N) is 3. The van der Waals surface area contributed by atoms with E-state index in [9.17, 15) is 5.11 Å². The van der Waals surface area contributed by atoms with E-state index >= 15 is 0 Å². The Labute approximate surface area is 97.7 Å². The van der Waals surface area contributed by atoms with Crippen LogP contribution >= 0.6 is 11.5 Å². The predicted octanol–water partition coefficient (Wildman–Crippen LogP) is 2.01. The lowest BCUT2D eigenvalue weighted by atomic mass is 9.95. The molecule has 2 aromatic heterocycles. The third-order valence-electron chi connectivity index (χ3n) is 3.14. The lowest BCUT2D eigenvalue weighted by Gasteiger charge is -2.19. The first-order valence-corrected chi connectivity index (χ1v) is 6.21. The molecule has 2 aromatic rings. The summed E-state index contributed by atoms with van der Waals surface area (Å²) < 4.78 is 6.06. The molecule has 84 valence electrons. The second-order valence-corrected chi connectivity index (χ2v) is 4.95. The normalized spacial score (nSPS) is 19.8. The molecule has 3 rings (SSSR count). The van der Waals surface area contributed by atoms with Gasteiger partial charge >= 0.3 is 0 Å². The highest BCUT2D eigenvalue weighted by Gasteiger charge is 2.24. The number of aromatic nitrogens is 3. The minimum absolute atomic E-state index is 0.301. The Kier molecular flexibility index (Phi) is 2.29. The van der Waals surface area contributed by atoms with Gasteiger partial charge < -0.3 is 9.67 Å². The van der Waals surface area contributed by atoms with E-state index in [2.05, 4.69) is 27.1 Å². The van der Waals surface area contributed by atoms with Gasteiger partial charge in [0.25, 0.3) is 0 Å². The van der Waals surface area contributed by atoms with Crippen molar-refractivity contribution in [1.82, 2.24) is 14.2 Å². The van der Waals surface area contributed by atoms with Crippen LogP contribution in [0.5, 0.6) is 0 Å². The number of hydrogen-bond acceptors (Lipinski definition) is 4. The molecule has 0 saturated heterocycles. The summed E-state index contributed by atoms with van der Waals surface area (Å²) in [6.07, 6.45) is 4.42. The second kappa shape index (κ2) is 3.68. The van der Waals surface area contributed by atoms with Crippen molar-refractivity contribution in [2.75, 3.05) is 0 Å². The van der Waals surface area contributed by atoms with Crippen LogP contribution in [0.4, 0.5) is 0 Å². The zero-order valence-electron chi connectivity index (χ0n) is 9.05. The van der Waals surface area contributed by atoms with Crippen LogP contribution in [0.15, 0.2) is 12.3 Å². The van der Waals surface area contributed by atoms with Crippen LogP contribution in [0.1, 0.15) is 35.9 Å². The van der Waals surface area contributed by atoms with Gasteiger partial charge in [-0.2, -0.15) is 0 Å². The standard InChI is InChI=1S/C11H13N3OS/c1-7-5-8-9(3-2-4-10(8)15)14(7)11-6-12-13-16-11/h5-6,10,15H,2-4H2,1H3. The van der Waals surface area contributed by atoms with E-state index in [4.69, 9.17) is 0 Å². The van der Waals surface area contributed by atoms with E-state index in [1.54, 1.807) is 6.20 Å². The number of fused-ring (bicyclic) bond motifs is 1. The van der Waals surface area contributed by atoms with Crippen molar-refractivity contribution in [3.8, 4) is 5.00 Å². The fraction of sp³-hybridized carbons (Fsp3) is 0.455. The van der Waals surface area contributed by atoms with Gasteiger partial charge in [-0.1, -0.05) is 4.49 Å². The quantitative estimate of drug-likeness (QED) is 0.822. The Morgan fingerprint density at radius 2 is 2.44 bits per heavy atom. The summed E-state index contributed by atoms with van der Waals surface area (Å²) >= 11 is 1.39. The first-order valence-electron chi connectivity index (χ1n) is 5.44. The third kappa shape index (κ3) is 1.39. The van der Waals surface area contributed by atoms with Crippen LogP contribution in [0.25, 0.3) is 5.00 Å². The van der Waals surface area contributed by atoms with E-state index < -0.39 is 0 Å². The molecular formula is C11H13N3OS. The number of aliphatic hydroxyl groups excluding tert-OH is 1. The van der Waals surface area contributed by atoms with Crippen LogP contribution in [0.2, 0.25) is 0 Å². The van der Waals surface area contributed by atoms with Gasteiger partial charge in [0, 0.05) is 28.5 Å². The molecule has 1 N–H and O–H groups in total. The monoisotopic (exact) mass is 235 g/mol. The SMILES string of the molecule is Cc1cc2c(n1-c1cnns1)CCCC2O. The van der Waals surface area contributed by atoms with Crippen LogP contribution < -0.4 is 0 Å². The molecule has 4 nitrogen and oxygen atoms in total. The Hall–Kier alpha value is -1.20. The molecule has 1 aliphatic carbocycles. The largest absolute Gasteiger partial charge is 0.388 e. The molecule has 2 heterocycles. The molecule has 0 aliphatic heterocycles. The molecule has 1 atom stereocenters. The van der Waals surface area contributed by atoms with Crippen LogP contribution in [-0.4, -0.2) is 19.3 Å². The summed E-state index contributed by atoms with van der Waals surface area (Å²) in [5.74, 6) is 0. The molecule has 0 radical (unpaired) electrons. The highest BCUT2D eigenvalue weighted by molar-refractivity contribution is 7.08. The van der Waals surface area contributed by atoms with Crippen molar-refractivity contribution in [2.45, 2.75) is 32.3 Å². The van der Waals surface area contributed by atoms with Crippen LogP contribution in [0, 0.1) is 6.92 Å². The lowest BCUT2D eigenvalue weighted by molar-refractivity contribution is 0.156. The zero-order chi connectivity index (χ0) is 11.1. The average Bonchev–Trinajstić information content (AvgIpc) is 2.85. The molecule has 0 aromatic carbocycles. The molecule has 0 amide bonds. The van der Waals surface area contributed by atoms with Crippen molar-refractivity contribution in [3.05, 3.63) is 29.2 Å². The van der Waals surface area contributed by atoms with E-state index in [1.165, 1.54) is 17.2 Å². The maximum Gasteiger partial charge on any atom is 0.141 e. The highest BCUT2D eigenvalue weighted by Crippen LogP contribution is 2.34. The van der Waals surface area contributed by atoms with Crippen molar-refractivity contribution < 1.29 is 5.11 Å². The number of rotatable bonds is 1. The van der Waals surface area contributed by atoms with Gasteiger partial charge in [-0.25, -0.2) is 0 Å². The zero-order valence-corrected chi connectivity index (χ0v) is 9.87. The summed E-state index contributed by atoms with van der Waals surface area (Å²) in [6.45, 7) is 2.06. The first kappa shape index (κ1) is 9.99. The van der Waals surface area contributed by atoms with Gasteiger partial charge in [-0.05, 0) is 32.3 Å². The molecule has 5 heteroatoms. The number of aryl methyl sites for hydroxylation is 1. The van der Waals surface area contributed by atoms with E-state index in [0.717, 1.165) is 35.5 Å². The van der Waals surface area contributed by atoms with Gasteiger partial charge in [0.2, 0.25) is 0 Å². The molecule has 0 spiro atoms. The molecule has 16 heavy (non-hydrogen) atoms.